The fraction of sp³-hybridized carbons (Fsp3) is 0.667. The lowest BCUT2D eigenvalue weighted by Gasteiger charge is -2.43. The standard InChI is InChI=1S/C15H20O9/c16-5-7-1-2-15(21)3-4-22-13(9(7)15)24-14-12(20)11(19)10(18)8(6-17)23-14/h1,3-5,8-14,17-21H,2,6H2/t8-,9+,10-,11+,12+,13+,14-,15-/m1/s1. The summed E-state index contributed by atoms with van der Waals surface area (Å²) in [6, 6.07) is 0. The van der Waals surface area contributed by atoms with Gasteiger partial charge in [-0.15, -0.1) is 0 Å². The summed E-state index contributed by atoms with van der Waals surface area (Å²) < 4.78 is 16.1. The minimum Gasteiger partial charge on any atom is -0.472 e. The molecule has 24 heavy (non-hydrogen) atoms. The number of hydrogen-bond donors (Lipinski definition) is 5. The average molecular weight is 344 g/mol. The molecule has 8 atom stereocenters. The van der Waals surface area contributed by atoms with Crippen molar-refractivity contribution in [2.75, 3.05) is 6.61 Å². The zero-order valence-corrected chi connectivity index (χ0v) is 12.6. The molecule has 1 fully saturated rings. The van der Waals surface area contributed by atoms with Gasteiger partial charge in [0.2, 0.25) is 6.29 Å². The van der Waals surface area contributed by atoms with Crippen LogP contribution in [0.4, 0.5) is 0 Å². The van der Waals surface area contributed by atoms with Gasteiger partial charge in [0.1, 0.15) is 36.3 Å². The molecule has 1 saturated heterocycles. The van der Waals surface area contributed by atoms with E-state index in [1.54, 1.807) is 6.08 Å². The van der Waals surface area contributed by atoms with Crippen molar-refractivity contribution in [3.63, 3.8) is 0 Å². The summed E-state index contributed by atoms with van der Waals surface area (Å²) in [4.78, 5) is 11.2. The average Bonchev–Trinajstić information content (AvgIpc) is 2.92. The number of carbonyl (C=O) groups excluding carboxylic acids is 1. The molecule has 0 bridgehead atoms. The van der Waals surface area contributed by atoms with Crippen molar-refractivity contribution in [2.24, 2.45) is 5.92 Å². The van der Waals surface area contributed by atoms with Crippen molar-refractivity contribution >= 4 is 6.29 Å². The number of ether oxygens (including phenoxy) is 3. The van der Waals surface area contributed by atoms with Gasteiger partial charge in [-0.25, -0.2) is 0 Å². The first-order valence-corrected chi connectivity index (χ1v) is 7.58. The lowest BCUT2D eigenvalue weighted by atomic mass is 9.85. The predicted octanol–water partition coefficient (Wildman–Crippen LogP) is -2.45. The Labute approximate surface area is 137 Å². The number of carbonyl (C=O) groups is 1. The fourth-order valence-electron chi connectivity index (χ4n) is 3.25. The lowest BCUT2D eigenvalue weighted by molar-refractivity contribution is -0.342. The van der Waals surface area contributed by atoms with Crippen molar-refractivity contribution in [3.05, 3.63) is 24.0 Å². The summed E-state index contributed by atoms with van der Waals surface area (Å²) in [6.45, 7) is -0.594. The summed E-state index contributed by atoms with van der Waals surface area (Å²) in [5, 5.41) is 49.3. The maximum Gasteiger partial charge on any atom is 0.211 e. The van der Waals surface area contributed by atoms with Crippen LogP contribution in [0.2, 0.25) is 0 Å². The third-order valence-electron chi connectivity index (χ3n) is 4.66. The molecule has 0 aromatic carbocycles. The quantitative estimate of drug-likeness (QED) is 0.351. The number of fused-ring (bicyclic) bond motifs is 1. The minimum atomic E-state index is -1.60. The van der Waals surface area contributed by atoms with E-state index in [1.165, 1.54) is 12.3 Å². The Morgan fingerprint density at radius 1 is 1.25 bits per heavy atom. The Hall–Kier alpha value is -1.33. The highest BCUT2D eigenvalue weighted by molar-refractivity contribution is 5.76. The Morgan fingerprint density at radius 2 is 2.00 bits per heavy atom. The Bertz CT molecular complexity index is 545. The van der Waals surface area contributed by atoms with Crippen LogP contribution in [0, 0.1) is 5.92 Å². The van der Waals surface area contributed by atoms with Gasteiger partial charge in [-0.1, -0.05) is 6.08 Å². The molecule has 9 heteroatoms. The molecule has 0 aromatic heterocycles. The molecule has 134 valence electrons. The monoisotopic (exact) mass is 344 g/mol. The van der Waals surface area contributed by atoms with Crippen LogP contribution in [0.25, 0.3) is 0 Å². The number of aldehydes is 1. The molecule has 5 N–H and O–H groups in total. The first-order valence-electron chi connectivity index (χ1n) is 7.58. The highest BCUT2D eigenvalue weighted by Gasteiger charge is 2.52. The van der Waals surface area contributed by atoms with Crippen LogP contribution in [-0.2, 0) is 19.0 Å². The van der Waals surface area contributed by atoms with Gasteiger partial charge >= 0.3 is 0 Å². The molecule has 0 radical (unpaired) electrons. The third-order valence-corrected chi connectivity index (χ3v) is 4.66. The van der Waals surface area contributed by atoms with Gasteiger partial charge in [-0.2, -0.15) is 0 Å². The molecule has 2 aliphatic heterocycles. The van der Waals surface area contributed by atoms with Crippen LogP contribution >= 0.6 is 0 Å². The molecule has 3 rings (SSSR count). The van der Waals surface area contributed by atoms with Gasteiger partial charge in [-0.05, 0) is 12.5 Å². The van der Waals surface area contributed by atoms with Crippen molar-refractivity contribution in [3.8, 4) is 0 Å². The van der Waals surface area contributed by atoms with Crippen LogP contribution in [-0.4, -0.2) is 81.0 Å². The lowest BCUT2D eigenvalue weighted by Crippen LogP contribution is -2.60. The summed E-state index contributed by atoms with van der Waals surface area (Å²) in [5.74, 6) is -0.827. The molecule has 2 heterocycles. The number of aliphatic hydroxyl groups is 5. The molecule has 0 amide bonds. The van der Waals surface area contributed by atoms with Crippen LogP contribution in [0.15, 0.2) is 24.0 Å². The number of hydrogen-bond acceptors (Lipinski definition) is 9. The zero-order chi connectivity index (χ0) is 17.5. The molecule has 1 aliphatic carbocycles. The summed E-state index contributed by atoms with van der Waals surface area (Å²) >= 11 is 0. The van der Waals surface area contributed by atoms with Crippen molar-refractivity contribution in [1.82, 2.24) is 0 Å². The van der Waals surface area contributed by atoms with E-state index in [-0.39, 0.29) is 12.0 Å². The molecule has 9 nitrogen and oxygen atoms in total. The second-order valence-electron chi connectivity index (χ2n) is 6.14. The van der Waals surface area contributed by atoms with E-state index in [1.807, 2.05) is 0 Å². The van der Waals surface area contributed by atoms with E-state index >= 15 is 0 Å². The van der Waals surface area contributed by atoms with Gasteiger partial charge in [0.15, 0.2) is 6.29 Å². The normalized spacial score (nSPS) is 47.7. The fourth-order valence-corrected chi connectivity index (χ4v) is 3.25. The second kappa shape index (κ2) is 6.52. The van der Waals surface area contributed by atoms with E-state index in [0.29, 0.717) is 6.29 Å². The zero-order valence-electron chi connectivity index (χ0n) is 12.6. The molecule has 0 spiro atoms. The number of aliphatic hydroxyl groups excluding tert-OH is 4. The highest BCUT2D eigenvalue weighted by atomic mass is 16.8. The topological polar surface area (TPSA) is 146 Å². The van der Waals surface area contributed by atoms with E-state index in [0.717, 1.165) is 0 Å². The third kappa shape index (κ3) is 2.78. The van der Waals surface area contributed by atoms with Crippen LogP contribution in [0.1, 0.15) is 6.42 Å². The minimum absolute atomic E-state index is 0.208. The van der Waals surface area contributed by atoms with Crippen molar-refractivity contribution in [2.45, 2.75) is 49.0 Å². The van der Waals surface area contributed by atoms with E-state index in [2.05, 4.69) is 0 Å². The second-order valence-corrected chi connectivity index (χ2v) is 6.14. The van der Waals surface area contributed by atoms with Gasteiger partial charge in [-0.3, -0.25) is 4.79 Å². The van der Waals surface area contributed by atoms with E-state index in [9.17, 15) is 30.3 Å². The van der Waals surface area contributed by atoms with Gasteiger partial charge in [0.25, 0.3) is 0 Å². The molecular weight excluding hydrogens is 324 g/mol. The SMILES string of the molecule is O=CC1=CC[C@@]2(O)C=CO[C@@H](O[C@H]3O[C@H](CO)[C@@H](O)[C@H](O)[C@@H]3O)[C@H]12. The first-order chi connectivity index (χ1) is 11.4. The predicted molar refractivity (Wildman–Crippen MR) is 76.1 cm³/mol. The molecule has 0 aromatic rings. The van der Waals surface area contributed by atoms with Crippen LogP contribution in [0.3, 0.4) is 0 Å². The summed E-state index contributed by atoms with van der Waals surface area (Å²) in [7, 11) is 0. The highest BCUT2D eigenvalue weighted by Crippen LogP contribution is 2.43. The molecule has 0 saturated carbocycles. The maximum atomic E-state index is 11.2. The Morgan fingerprint density at radius 3 is 2.67 bits per heavy atom. The van der Waals surface area contributed by atoms with Gasteiger partial charge < -0.3 is 39.7 Å². The molecule has 3 aliphatic rings. The number of rotatable bonds is 4. The Kier molecular flexibility index (Phi) is 4.76. The van der Waals surface area contributed by atoms with Crippen molar-refractivity contribution < 1.29 is 44.5 Å². The molecule has 0 unspecified atom stereocenters. The summed E-state index contributed by atoms with van der Waals surface area (Å²) in [6.07, 6.45) is -3.39. The van der Waals surface area contributed by atoms with E-state index < -0.39 is 55.1 Å². The van der Waals surface area contributed by atoms with Gasteiger partial charge in [0.05, 0.1) is 18.8 Å². The van der Waals surface area contributed by atoms with Crippen LogP contribution in [0.5, 0.6) is 0 Å². The smallest absolute Gasteiger partial charge is 0.211 e. The Balaban J connectivity index is 1.78. The first kappa shape index (κ1) is 17.5. The van der Waals surface area contributed by atoms with E-state index in [4.69, 9.17) is 14.2 Å². The largest absolute Gasteiger partial charge is 0.472 e. The van der Waals surface area contributed by atoms with Gasteiger partial charge in [0, 0.05) is 5.57 Å². The summed E-state index contributed by atoms with van der Waals surface area (Å²) in [5.41, 5.74) is -1.07. The maximum absolute atomic E-state index is 11.2. The van der Waals surface area contributed by atoms with Crippen LogP contribution < -0.4 is 0 Å². The van der Waals surface area contributed by atoms with Crippen molar-refractivity contribution in [1.29, 1.82) is 0 Å². The molecular formula is C15H20O9.